The van der Waals surface area contributed by atoms with E-state index in [0.29, 0.717) is 39.5 Å². The number of halogens is 1. The molecule has 26 heavy (non-hydrogen) atoms. The molecule has 0 aromatic heterocycles. The monoisotopic (exact) mass is 381 g/mol. The van der Waals surface area contributed by atoms with Gasteiger partial charge in [-0.1, -0.05) is 17.7 Å². The van der Waals surface area contributed by atoms with Gasteiger partial charge in [-0.05, 0) is 12.1 Å². The SMILES string of the molecule is COc1cc(NC(=O)COc2cccc(OC)c2OC)c(OC)cc1Cl. The van der Waals surface area contributed by atoms with E-state index in [9.17, 15) is 4.79 Å². The molecule has 0 unspecified atom stereocenters. The number of methoxy groups -OCH3 is 4. The van der Waals surface area contributed by atoms with Crippen LogP contribution in [0.4, 0.5) is 5.69 Å². The van der Waals surface area contributed by atoms with Gasteiger partial charge in [0, 0.05) is 12.1 Å². The fraction of sp³-hybridized carbons (Fsp3) is 0.278. The maximum Gasteiger partial charge on any atom is 0.262 e. The fourth-order valence-electron chi connectivity index (χ4n) is 2.26. The van der Waals surface area contributed by atoms with Crippen LogP contribution in [-0.4, -0.2) is 41.0 Å². The minimum atomic E-state index is -0.391. The fourth-order valence-corrected chi connectivity index (χ4v) is 2.49. The molecular formula is C18H20ClNO6. The standard InChI is InChI=1S/C18H20ClNO6/c1-22-13-6-5-7-14(18(13)25-4)26-10-17(21)20-12-9-15(23-2)11(19)8-16(12)24-3/h5-9H,10H2,1-4H3,(H,20,21). The van der Waals surface area contributed by atoms with Crippen LogP contribution in [0.3, 0.4) is 0 Å². The van der Waals surface area contributed by atoms with Gasteiger partial charge in [0.2, 0.25) is 5.75 Å². The molecule has 0 atom stereocenters. The van der Waals surface area contributed by atoms with Gasteiger partial charge in [-0.15, -0.1) is 0 Å². The van der Waals surface area contributed by atoms with Crippen molar-refractivity contribution in [1.29, 1.82) is 0 Å². The van der Waals surface area contributed by atoms with Crippen LogP contribution in [0.25, 0.3) is 0 Å². The lowest BCUT2D eigenvalue weighted by atomic mass is 10.2. The van der Waals surface area contributed by atoms with E-state index in [0.717, 1.165) is 0 Å². The van der Waals surface area contributed by atoms with Crippen molar-refractivity contribution in [2.45, 2.75) is 0 Å². The minimum Gasteiger partial charge on any atom is -0.495 e. The van der Waals surface area contributed by atoms with E-state index in [1.165, 1.54) is 28.4 Å². The molecule has 2 rings (SSSR count). The molecule has 8 heteroatoms. The molecule has 0 aliphatic heterocycles. The zero-order chi connectivity index (χ0) is 19.1. The summed E-state index contributed by atoms with van der Waals surface area (Å²) in [6.07, 6.45) is 0. The van der Waals surface area contributed by atoms with Gasteiger partial charge in [0.05, 0.1) is 39.1 Å². The third-order valence-corrected chi connectivity index (χ3v) is 3.77. The van der Waals surface area contributed by atoms with Crippen molar-refractivity contribution >= 4 is 23.2 Å². The third kappa shape index (κ3) is 4.43. The van der Waals surface area contributed by atoms with Crippen LogP contribution in [0, 0.1) is 0 Å². The van der Waals surface area contributed by atoms with Crippen molar-refractivity contribution in [2.24, 2.45) is 0 Å². The van der Waals surface area contributed by atoms with Gasteiger partial charge < -0.3 is 29.0 Å². The van der Waals surface area contributed by atoms with Gasteiger partial charge in [0.1, 0.15) is 11.5 Å². The second kappa shape index (κ2) is 9.05. The Morgan fingerprint density at radius 1 is 0.923 bits per heavy atom. The lowest BCUT2D eigenvalue weighted by Crippen LogP contribution is -2.20. The summed E-state index contributed by atoms with van der Waals surface area (Å²) in [5.74, 6) is 1.74. The van der Waals surface area contributed by atoms with Gasteiger partial charge in [0.25, 0.3) is 5.91 Å². The maximum absolute atomic E-state index is 12.3. The predicted molar refractivity (Wildman–Crippen MR) is 98.2 cm³/mol. The summed E-state index contributed by atoms with van der Waals surface area (Å²) in [6.45, 7) is -0.238. The Balaban J connectivity index is 2.11. The number of nitrogens with one attached hydrogen (secondary N) is 1. The van der Waals surface area contributed by atoms with Crippen molar-refractivity contribution in [1.82, 2.24) is 0 Å². The highest BCUT2D eigenvalue weighted by Crippen LogP contribution is 2.37. The number of carbonyl (C=O) groups excluding carboxylic acids is 1. The number of carbonyl (C=O) groups is 1. The van der Waals surface area contributed by atoms with E-state index in [4.69, 9.17) is 35.3 Å². The number of ether oxygens (including phenoxy) is 5. The van der Waals surface area contributed by atoms with Crippen LogP contribution >= 0.6 is 11.6 Å². The molecule has 0 bridgehead atoms. The Hall–Kier alpha value is -2.80. The van der Waals surface area contributed by atoms with Crippen molar-refractivity contribution in [2.75, 3.05) is 40.4 Å². The average Bonchev–Trinajstić information content (AvgIpc) is 2.66. The summed E-state index contributed by atoms with van der Waals surface area (Å²) in [7, 11) is 5.98. The molecule has 2 aromatic carbocycles. The highest BCUT2D eigenvalue weighted by Gasteiger charge is 2.15. The Morgan fingerprint density at radius 2 is 1.58 bits per heavy atom. The number of hydrogen-bond donors (Lipinski definition) is 1. The Bertz CT molecular complexity index is 781. The summed E-state index contributed by atoms with van der Waals surface area (Å²) in [5.41, 5.74) is 0.417. The van der Waals surface area contributed by atoms with Gasteiger partial charge in [-0.2, -0.15) is 0 Å². The highest BCUT2D eigenvalue weighted by molar-refractivity contribution is 6.32. The lowest BCUT2D eigenvalue weighted by molar-refractivity contribution is -0.118. The Kier molecular flexibility index (Phi) is 6.80. The van der Waals surface area contributed by atoms with Crippen molar-refractivity contribution < 1.29 is 28.5 Å². The second-order valence-corrected chi connectivity index (χ2v) is 5.42. The minimum absolute atomic E-state index is 0.238. The van der Waals surface area contributed by atoms with Crippen LogP contribution in [0.1, 0.15) is 0 Å². The molecule has 0 saturated carbocycles. The van der Waals surface area contributed by atoms with Crippen LogP contribution in [0.5, 0.6) is 28.7 Å². The first-order valence-electron chi connectivity index (χ1n) is 7.59. The van der Waals surface area contributed by atoms with Gasteiger partial charge >= 0.3 is 0 Å². The summed E-state index contributed by atoms with van der Waals surface area (Å²) in [4.78, 5) is 12.3. The maximum atomic E-state index is 12.3. The third-order valence-electron chi connectivity index (χ3n) is 3.47. The van der Waals surface area contributed by atoms with Crippen LogP contribution in [0.15, 0.2) is 30.3 Å². The van der Waals surface area contributed by atoms with E-state index >= 15 is 0 Å². The number of para-hydroxylation sites is 1. The molecule has 0 aliphatic carbocycles. The molecule has 0 saturated heterocycles. The van der Waals surface area contributed by atoms with E-state index in [-0.39, 0.29) is 6.61 Å². The molecule has 2 aromatic rings. The molecule has 7 nitrogen and oxygen atoms in total. The van der Waals surface area contributed by atoms with Crippen LogP contribution in [-0.2, 0) is 4.79 Å². The highest BCUT2D eigenvalue weighted by atomic mass is 35.5. The summed E-state index contributed by atoms with van der Waals surface area (Å²) in [6, 6.07) is 8.28. The van der Waals surface area contributed by atoms with Crippen LogP contribution < -0.4 is 29.0 Å². The molecule has 0 heterocycles. The molecule has 0 aliphatic rings. The molecule has 0 spiro atoms. The second-order valence-electron chi connectivity index (χ2n) is 5.02. The van der Waals surface area contributed by atoms with Gasteiger partial charge in [-0.3, -0.25) is 4.79 Å². The van der Waals surface area contributed by atoms with E-state index in [2.05, 4.69) is 5.32 Å². The first-order valence-corrected chi connectivity index (χ1v) is 7.97. The van der Waals surface area contributed by atoms with E-state index in [1.54, 1.807) is 30.3 Å². The van der Waals surface area contributed by atoms with Crippen molar-refractivity contribution in [3.63, 3.8) is 0 Å². The molecule has 0 fully saturated rings. The number of amides is 1. The quantitative estimate of drug-likeness (QED) is 0.755. The molecule has 0 radical (unpaired) electrons. The first-order chi connectivity index (χ1) is 12.5. The summed E-state index contributed by atoms with van der Waals surface area (Å²) >= 11 is 6.05. The number of rotatable bonds is 8. The number of anilines is 1. The van der Waals surface area contributed by atoms with Gasteiger partial charge in [0.15, 0.2) is 18.1 Å². The summed E-state index contributed by atoms with van der Waals surface area (Å²) in [5, 5.41) is 3.07. The van der Waals surface area contributed by atoms with Crippen molar-refractivity contribution in [3.8, 4) is 28.7 Å². The topological polar surface area (TPSA) is 75.3 Å². The summed E-state index contributed by atoms with van der Waals surface area (Å²) < 4.78 is 26.4. The Morgan fingerprint density at radius 3 is 2.19 bits per heavy atom. The molecule has 1 N–H and O–H groups in total. The smallest absolute Gasteiger partial charge is 0.262 e. The van der Waals surface area contributed by atoms with Crippen LogP contribution in [0.2, 0.25) is 5.02 Å². The number of benzene rings is 2. The van der Waals surface area contributed by atoms with E-state index < -0.39 is 5.91 Å². The predicted octanol–water partition coefficient (Wildman–Crippen LogP) is 3.39. The zero-order valence-electron chi connectivity index (χ0n) is 14.9. The molecule has 140 valence electrons. The molecule has 1 amide bonds. The average molecular weight is 382 g/mol. The normalized spacial score (nSPS) is 10.0. The largest absolute Gasteiger partial charge is 0.495 e. The van der Waals surface area contributed by atoms with Crippen molar-refractivity contribution in [3.05, 3.63) is 35.4 Å². The zero-order valence-corrected chi connectivity index (χ0v) is 15.7. The molecular weight excluding hydrogens is 362 g/mol. The first kappa shape index (κ1) is 19.5. The number of hydrogen-bond acceptors (Lipinski definition) is 6. The Labute approximate surface area is 156 Å². The van der Waals surface area contributed by atoms with E-state index in [1.807, 2.05) is 0 Å². The van der Waals surface area contributed by atoms with Gasteiger partial charge in [-0.25, -0.2) is 0 Å². The lowest BCUT2D eigenvalue weighted by Gasteiger charge is -2.15.